The van der Waals surface area contributed by atoms with E-state index in [2.05, 4.69) is 0 Å². The van der Waals surface area contributed by atoms with Gasteiger partial charge in [-0.15, -0.1) is 0 Å². The summed E-state index contributed by atoms with van der Waals surface area (Å²) in [5.74, 6) is -4.56. The summed E-state index contributed by atoms with van der Waals surface area (Å²) in [6, 6.07) is 0. The highest BCUT2D eigenvalue weighted by Crippen LogP contribution is 2.34. The maximum atomic E-state index is 11.7. The smallest absolute Gasteiger partial charge is 0.317 e. The Balaban J connectivity index is 2.96. The van der Waals surface area contributed by atoms with E-state index in [1.807, 2.05) is 0 Å². The third-order valence-electron chi connectivity index (χ3n) is 3.09. The van der Waals surface area contributed by atoms with E-state index in [9.17, 15) is 25.2 Å². The van der Waals surface area contributed by atoms with Crippen molar-refractivity contribution in [3.8, 4) is 0 Å². The number of carbonyl (C=O) groups is 1. The number of hydrogen-bond donors (Lipinski definition) is 5. The van der Waals surface area contributed by atoms with Crippen molar-refractivity contribution in [2.75, 3.05) is 13.2 Å². The van der Waals surface area contributed by atoms with E-state index in [4.69, 9.17) is 14.6 Å². The summed E-state index contributed by atoms with van der Waals surface area (Å²) >= 11 is 0. The molecular weight excluding hydrogens is 260 g/mol. The second kappa shape index (κ2) is 6.12. The van der Waals surface area contributed by atoms with Crippen LogP contribution in [0, 0.1) is 5.92 Å². The molecule has 0 aromatic carbocycles. The second-order valence-electron chi connectivity index (χ2n) is 4.60. The molecule has 0 amide bonds. The summed E-state index contributed by atoms with van der Waals surface area (Å²) in [5.41, 5.74) is 0. The molecule has 0 aromatic heterocycles. The predicted molar refractivity (Wildman–Crippen MR) is 60.7 cm³/mol. The Morgan fingerprint density at radius 2 is 2.00 bits per heavy atom. The third kappa shape index (κ3) is 3.22. The normalized spacial score (nSPS) is 40.8. The largest absolute Gasteiger partial charge is 0.466 e. The molecule has 8 heteroatoms. The molecule has 0 aliphatic carbocycles. The van der Waals surface area contributed by atoms with E-state index in [-0.39, 0.29) is 6.61 Å². The Kier molecular flexibility index (Phi) is 5.25. The molecule has 1 fully saturated rings. The highest BCUT2D eigenvalue weighted by molar-refractivity contribution is 5.74. The number of carbonyl (C=O) groups excluding carboxylic acids is 1. The van der Waals surface area contributed by atoms with E-state index in [0.717, 1.165) is 6.92 Å². The third-order valence-corrected chi connectivity index (χ3v) is 3.09. The monoisotopic (exact) mass is 280 g/mol. The van der Waals surface area contributed by atoms with Gasteiger partial charge >= 0.3 is 5.97 Å². The SMILES string of the molecule is CCOC(=O)[C@H]1[C@H](O)[C@@H](O)[C@H]([C@H](O)CO)O[C@@]1(C)O. The Morgan fingerprint density at radius 1 is 1.42 bits per heavy atom. The van der Waals surface area contributed by atoms with Crippen LogP contribution in [0.1, 0.15) is 13.8 Å². The molecule has 5 N–H and O–H groups in total. The van der Waals surface area contributed by atoms with Crippen LogP contribution in [0.5, 0.6) is 0 Å². The average Bonchev–Trinajstić information content (AvgIpc) is 2.33. The summed E-state index contributed by atoms with van der Waals surface area (Å²) in [6.45, 7) is 1.98. The number of esters is 1. The van der Waals surface area contributed by atoms with Crippen molar-refractivity contribution in [3.63, 3.8) is 0 Å². The maximum absolute atomic E-state index is 11.7. The minimum absolute atomic E-state index is 0.0386. The van der Waals surface area contributed by atoms with Gasteiger partial charge in [-0.25, -0.2) is 0 Å². The van der Waals surface area contributed by atoms with Gasteiger partial charge in [0, 0.05) is 0 Å². The first kappa shape index (κ1) is 16.3. The molecule has 1 aliphatic heterocycles. The van der Waals surface area contributed by atoms with Crippen LogP contribution in [0.2, 0.25) is 0 Å². The molecular formula is C11H20O8. The molecule has 6 atom stereocenters. The lowest BCUT2D eigenvalue weighted by molar-refractivity contribution is -0.333. The van der Waals surface area contributed by atoms with Gasteiger partial charge in [0.1, 0.15) is 30.3 Å². The zero-order valence-electron chi connectivity index (χ0n) is 10.8. The van der Waals surface area contributed by atoms with Crippen LogP contribution in [0.25, 0.3) is 0 Å². The molecule has 1 rings (SSSR count). The molecule has 0 unspecified atom stereocenters. The summed E-state index contributed by atoms with van der Waals surface area (Å²) < 4.78 is 9.72. The molecule has 1 saturated heterocycles. The minimum atomic E-state index is -2.13. The van der Waals surface area contributed by atoms with Crippen LogP contribution >= 0.6 is 0 Å². The van der Waals surface area contributed by atoms with Crippen molar-refractivity contribution >= 4 is 5.97 Å². The Labute approximate surface area is 110 Å². The Bertz CT molecular complexity index is 318. The topological polar surface area (TPSA) is 137 Å². The Hall–Kier alpha value is -0.770. The molecule has 0 spiro atoms. The van der Waals surface area contributed by atoms with Gasteiger partial charge in [0.15, 0.2) is 5.79 Å². The van der Waals surface area contributed by atoms with Crippen molar-refractivity contribution in [2.45, 2.75) is 44.1 Å². The van der Waals surface area contributed by atoms with Crippen molar-refractivity contribution in [2.24, 2.45) is 5.92 Å². The first-order valence-corrected chi connectivity index (χ1v) is 5.98. The van der Waals surface area contributed by atoms with Crippen molar-refractivity contribution in [1.82, 2.24) is 0 Å². The molecule has 8 nitrogen and oxygen atoms in total. The van der Waals surface area contributed by atoms with E-state index >= 15 is 0 Å². The fourth-order valence-electron chi connectivity index (χ4n) is 2.13. The van der Waals surface area contributed by atoms with Gasteiger partial charge < -0.3 is 35.0 Å². The highest BCUT2D eigenvalue weighted by Gasteiger charge is 2.56. The van der Waals surface area contributed by atoms with E-state index < -0.39 is 48.7 Å². The summed E-state index contributed by atoms with van der Waals surface area (Å²) in [4.78, 5) is 11.7. The van der Waals surface area contributed by atoms with E-state index in [1.165, 1.54) is 0 Å². The molecule has 0 radical (unpaired) electrons. The number of aliphatic hydroxyl groups is 5. The number of aliphatic hydroxyl groups excluding tert-OH is 4. The van der Waals surface area contributed by atoms with Gasteiger partial charge in [0.05, 0.1) is 13.2 Å². The lowest BCUT2D eigenvalue weighted by atomic mass is 9.83. The summed E-state index contributed by atoms with van der Waals surface area (Å²) in [7, 11) is 0. The maximum Gasteiger partial charge on any atom is 0.317 e. The van der Waals surface area contributed by atoms with Crippen LogP contribution in [0.3, 0.4) is 0 Å². The number of rotatable bonds is 4. The van der Waals surface area contributed by atoms with E-state index in [0.29, 0.717) is 0 Å². The molecule has 0 saturated carbocycles. The molecule has 0 bridgehead atoms. The van der Waals surface area contributed by atoms with Gasteiger partial charge in [-0.3, -0.25) is 4.79 Å². The summed E-state index contributed by atoms with van der Waals surface area (Å²) in [6.07, 6.45) is -6.24. The lowest BCUT2D eigenvalue weighted by Crippen LogP contribution is -2.65. The number of ether oxygens (including phenoxy) is 2. The molecule has 19 heavy (non-hydrogen) atoms. The van der Waals surface area contributed by atoms with Crippen LogP contribution in [-0.4, -0.2) is 74.9 Å². The van der Waals surface area contributed by atoms with Gasteiger partial charge in [-0.1, -0.05) is 0 Å². The van der Waals surface area contributed by atoms with Gasteiger partial charge in [-0.05, 0) is 13.8 Å². The van der Waals surface area contributed by atoms with Gasteiger partial charge in [-0.2, -0.15) is 0 Å². The fourth-order valence-corrected chi connectivity index (χ4v) is 2.13. The van der Waals surface area contributed by atoms with Crippen LogP contribution in [0.4, 0.5) is 0 Å². The highest BCUT2D eigenvalue weighted by atomic mass is 16.7. The first-order chi connectivity index (χ1) is 8.76. The quantitative estimate of drug-likeness (QED) is 0.352. The standard InChI is InChI=1S/C11H20O8/c1-3-18-10(16)6-7(14)8(15)9(5(13)4-12)19-11(6,2)17/h5-9,12-15,17H,3-4H2,1-2H3/t5-,6-,7+,8-,9+,11-/m1/s1. The van der Waals surface area contributed by atoms with Crippen molar-refractivity contribution < 1.29 is 39.8 Å². The lowest BCUT2D eigenvalue weighted by Gasteiger charge is -2.46. The predicted octanol–water partition coefficient (Wildman–Crippen LogP) is -2.65. The van der Waals surface area contributed by atoms with Crippen LogP contribution in [-0.2, 0) is 14.3 Å². The minimum Gasteiger partial charge on any atom is -0.466 e. The van der Waals surface area contributed by atoms with Crippen molar-refractivity contribution in [1.29, 1.82) is 0 Å². The molecule has 112 valence electrons. The number of hydrogen-bond acceptors (Lipinski definition) is 8. The zero-order valence-corrected chi connectivity index (χ0v) is 10.8. The molecule has 1 aliphatic rings. The fraction of sp³-hybridized carbons (Fsp3) is 0.909. The average molecular weight is 280 g/mol. The summed E-state index contributed by atoms with van der Waals surface area (Å²) in [5, 5.41) is 48.0. The van der Waals surface area contributed by atoms with E-state index in [1.54, 1.807) is 6.92 Å². The first-order valence-electron chi connectivity index (χ1n) is 5.98. The second-order valence-corrected chi connectivity index (χ2v) is 4.60. The van der Waals surface area contributed by atoms with Gasteiger partial charge in [0.25, 0.3) is 0 Å². The zero-order chi connectivity index (χ0) is 14.8. The molecule has 0 aromatic rings. The molecule has 1 heterocycles. The van der Waals surface area contributed by atoms with Crippen LogP contribution < -0.4 is 0 Å². The Morgan fingerprint density at radius 3 is 2.47 bits per heavy atom. The van der Waals surface area contributed by atoms with Gasteiger partial charge in [0.2, 0.25) is 0 Å². The van der Waals surface area contributed by atoms with Crippen molar-refractivity contribution in [3.05, 3.63) is 0 Å². The van der Waals surface area contributed by atoms with Crippen LogP contribution in [0.15, 0.2) is 0 Å².